The van der Waals surface area contributed by atoms with Gasteiger partial charge in [-0.2, -0.15) is 0 Å². The van der Waals surface area contributed by atoms with E-state index >= 15 is 0 Å². The number of aliphatic carboxylic acids is 1. The van der Waals surface area contributed by atoms with Crippen molar-refractivity contribution in [3.63, 3.8) is 0 Å². The van der Waals surface area contributed by atoms with E-state index in [1.54, 1.807) is 4.90 Å². The van der Waals surface area contributed by atoms with Gasteiger partial charge in [-0.05, 0) is 12.5 Å². The van der Waals surface area contributed by atoms with E-state index in [0.29, 0.717) is 13.1 Å². The van der Waals surface area contributed by atoms with Crippen molar-refractivity contribution in [3.05, 3.63) is 35.9 Å². The summed E-state index contributed by atoms with van der Waals surface area (Å²) in [6.07, 6.45) is -0.343. The second-order valence-electron chi connectivity index (χ2n) is 4.04. The van der Waals surface area contributed by atoms with Crippen LogP contribution in [-0.4, -0.2) is 34.5 Å². The molecule has 1 atom stereocenters. The number of nitrogens with two attached hydrogens (primary N) is 1. The molecule has 5 heteroatoms. The van der Waals surface area contributed by atoms with Crippen LogP contribution < -0.4 is 5.73 Å². The predicted molar refractivity (Wildman–Crippen MR) is 67.8 cm³/mol. The lowest BCUT2D eigenvalue weighted by Crippen LogP contribution is -2.44. The summed E-state index contributed by atoms with van der Waals surface area (Å²) in [6, 6.07) is 8.54. The van der Waals surface area contributed by atoms with Crippen molar-refractivity contribution in [1.29, 1.82) is 0 Å². The quantitative estimate of drug-likeness (QED) is 0.783. The normalized spacial score (nSPS) is 11.9. The zero-order valence-corrected chi connectivity index (χ0v) is 10.4. The van der Waals surface area contributed by atoms with Gasteiger partial charge in [0, 0.05) is 13.1 Å². The Labute approximate surface area is 106 Å². The summed E-state index contributed by atoms with van der Waals surface area (Å²) in [5, 5.41) is 8.63. The minimum Gasteiger partial charge on any atom is -0.481 e. The predicted octanol–water partition coefficient (Wildman–Crippen LogP) is 0.837. The van der Waals surface area contributed by atoms with Gasteiger partial charge in [0.25, 0.3) is 0 Å². The van der Waals surface area contributed by atoms with Gasteiger partial charge in [0.2, 0.25) is 5.91 Å². The van der Waals surface area contributed by atoms with Gasteiger partial charge in [0.15, 0.2) is 0 Å². The van der Waals surface area contributed by atoms with Gasteiger partial charge in [-0.1, -0.05) is 30.3 Å². The molecule has 1 rings (SSSR count). The van der Waals surface area contributed by atoms with E-state index in [2.05, 4.69) is 0 Å². The van der Waals surface area contributed by atoms with Gasteiger partial charge >= 0.3 is 5.97 Å². The minimum absolute atomic E-state index is 0.330. The molecule has 0 fully saturated rings. The molecule has 0 saturated heterocycles. The van der Waals surface area contributed by atoms with Crippen LogP contribution in [0.25, 0.3) is 0 Å². The molecule has 98 valence electrons. The van der Waals surface area contributed by atoms with Gasteiger partial charge < -0.3 is 15.7 Å². The number of carboxylic acid groups (broad SMARTS) is 1. The lowest BCUT2D eigenvalue weighted by atomic mass is 10.1. The van der Waals surface area contributed by atoms with Gasteiger partial charge in [-0.15, -0.1) is 0 Å². The van der Waals surface area contributed by atoms with Crippen LogP contribution in [0.2, 0.25) is 0 Å². The van der Waals surface area contributed by atoms with E-state index in [1.807, 2.05) is 37.3 Å². The number of carbonyl (C=O) groups is 2. The van der Waals surface area contributed by atoms with Crippen LogP contribution in [0.15, 0.2) is 30.3 Å². The zero-order chi connectivity index (χ0) is 13.5. The third kappa shape index (κ3) is 4.18. The maximum absolute atomic E-state index is 12.0. The van der Waals surface area contributed by atoms with Crippen molar-refractivity contribution >= 4 is 11.9 Å². The molecule has 0 heterocycles. The highest BCUT2D eigenvalue weighted by atomic mass is 16.4. The zero-order valence-electron chi connectivity index (χ0n) is 10.4. The van der Waals surface area contributed by atoms with Crippen LogP contribution in [0.4, 0.5) is 0 Å². The number of rotatable bonds is 6. The maximum atomic E-state index is 12.0. The molecule has 1 unspecified atom stereocenters. The molecule has 0 radical (unpaired) electrons. The number of amides is 1. The lowest BCUT2D eigenvalue weighted by molar-refractivity contribution is -0.142. The first-order valence-corrected chi connectivity index (χ1v) is 5.84. The van der Waals surface area contributed by atoms with Crippen molar-refractivity contribution in [3.8, 4) is 0 Å². The second-order valence-corrected chi connectivity index (χ2v) is 4.04. The van der Waals surface area contributed by atoms with Crippen molar-refractivity contribution in [1.82, 2.24) is 4.90 Å². The maximum Gasteiger partial charge on any atom is 0.305 e. The summed E-state index contributed by atoms with van der Waals surface area (Å²) in [5.74, 6) is -1.39. The van der Waals surface area contributed by atoms with Gasteiger partial charge in [-0.3, -0.25) is 9.59 Å². The Morgan fingerprint density at radius 1 is 1.33 bits per heavy atom. The first-order chi connectivity index (χ1) is 8.54. The van der Waals surface area contributed by atoms with Gasteiger partial charge in [-0.25, -0.2) is 0 Å². The van der Waals surface area contributed by atoms with E-state index in [1.165, 1.54) is 0 Å². The van der Waals surface area contributed by atoms with Crippen LogP contribution in [-0.2, 0) is 16.1 Å². The third-order valence-electron chi connectivity index (χ3n) is 2.62. The van der Waals surface area contributed by atoms with Crippen molar-refractivity contribution < 1.29 is 14.7 Å². The number of hydrogen-bond donors (Lipinski definition) is 2. The van der Waals surface area contributed by atoms with Crippen molar-refractivity contribution in [2.45, 2.75) is 25.9 Å². The SMILES string of the molecule is CCN(Cc1ccccc1)C(=O)C(N)CC(=O)O. The van der Waals surface area contributed by atoms with E-state index in [4.69, 9.17) is 10.8 Å². The first-order valence-electron chi connectivity index (χ1n) is 5.84. The van der Waals surface area contributed by atoms with Crippen molar-refractivity contribution in [2.24, 2.45) is 5.73 Å². The van der Waals surface area contributed by atoms with E-state index in [9.17, 15) is 9.59 Å². The average molecular weight is 250 g/mol. The van der Waals surface area contributed by atoms with E-state index in [0.717, 1.165) is 5.56 Å². The standard InChI is InChI=1S/C13H18N2O3/c1-2-15(9-10-6-4-3-5-7-10)13(18)11(14)8-12(16)17/h3-7,11H,2,8-9,14H2,1H3,(H,16,17). The van der Waals surface area contributed by atoms with Crippen LogP contribution >= 0.6 is 0 Å². The number of benzene rings is 1. The summed E-state index contributed by atoms with van der Waals surface area (Å²) in [6.45, 7) is 2.79. The molecule has 0 aromatic heterocycles. The highest BCUT2D eigenvalue weighted by molar-refractivity contribution is 5.85. The highest BCUT2D eigenvalue weighted by Crippen LogP contribution is 2.06. The molecule has 18 heavy (non-hydrogen) atoms. The molecule has 0 aliphatic heterocycles. The lowest BCUT2D eigenvalue weighted by Gasteiger charge is -2.23. The fraction of sp³-hybridized carbons (Fsp3) is 0.385. The summed E-state index contributed by atoms with van der Waals surface area (Å²) >= 11 is 0. The fourth-order valence-corrected chi connectivity index (χ4v) is 1.66. The van der Waals surface area contributed by atoms with Gasteiger partial charge in [0.05, 0.1) is 12.5 Å². The Bertz CT molecular complexity index is 406. The van der Waals surface area contributed by atoms with E-state index < -0.39 is 12.0 Å². The molecule has 1 amide bonds. The molecule has 0 bridgehead atoms. The molecule has 0 saturated carbocycles. The summed E-state index contributed by atoms with van der Waals surface area (Å²) in [5.41, 5.74) is 6.57. The summed E-state index contributed by atoms with van der Waals surface area (Å²) in [4.78, 5) is 24.0. The third-order valence-corrected chi connectivity index (χ3v) is 2.62. The Balaban J connectivity index is 2.66. The van der Waals surface area contributed by atoms with Gasteiger partial charge in [0.1, 0.15) is 0 Å². The second kappa shape index (κ2) is 6.76. The number of hydrogen-bond acceptors (Lipinski definition) is 3. The summed E-state index contributed by atoms with van der Waals surface area (Å²) < 4.78 is 0. The molecule has 0 aliphatic carbocycles. The Kier molecular flexibility index (Phi) is 5.32. The Morgan fingerprint density at radius 3 is 2.44 bits per heavy atom. The molecule has 3 N–H and O–H groups in total. The molecule has 0 spiro atoms. The van der Waals surface area contributed by atoms with Crippen LogP contribution in [0.1, 0.15) is 18.9 Å². The highest BCUT2D eigenvalue weighted by Gasteiger charge is 2.22. The molecule has 5 nitrogen and oxygen atoms in total. The Hall–Kier alpha value is -1.88. The minimum atomic E-state index is -1.06. The fourth-order valence-electron chi connectivity index (χ4n) is 1.66. The first kappa shape index (κ1) is 14.2. The van der Waals surface area contributed by atoms with Crippen LogP contribution in [0.3, 0.4) is 0 Å². The molecule has 1 aromatic rings. The molecular formula is C13H18N2O3. The smallest absolute Gasteiger partial charge is 0.305 e. The average Bonchev–Trinajstić information content (AvgIpc) is 2.35. The Morgan fingerprint density at radius 2 is 1.94 bits per heavy atom. The summed E-state index contributed by atoms with van der Waals surface area (Å²) in [7, 11) is 0. The van der Waals surface area contributed by atoms with Crippen molar-refractivity contribution in [2.75, 3.05) is 6.54 Å². The van der Waals surface area contributed by atoms with E-state index in [-0.39, 0.29) is 12.3 Å². The van der Waals surface area contributed by atoms with Crippen LogP contribution in [0, 0.1) is 0 Å². The largest absolute Gasteiger partial charge is 0.481 e. The number of carbonyl (C=O) groups excluding carboxylic acids is 1. The number of carboxylic acids is 1. The van der Waals surface area contributed by atoms with Crippen LogP contribution in [0.5, 0.6) is 0 Å². The number of likely N-dealkylation sites (N-methyl/N-ethyl adjacent to an activating group) is 1. The number of nitrogens with zero attached hydrogens (tertiary/aromatic N) is 1. The molecule has 1 aromatic carbocycles. The topological polar surface area (TPSA) is 83.6 Å². The molecular weight excluding hydrogens is 232 g/mol. The molecule has 0 aliphatic rings. The monoisotopic (exact) mass is 250 g/mol.